The van der Waals surface area contributed by atoms with Gasteiger partial charge in [-0.25, -0.2) is 4.98 Å². The quantitative estimate of drug-likeness (QED) is 0.901. The molecule has 1 aliphatic carbocycles. The van der Waals surface area contributed by atoms with Gasteiger partial charge in [-0.15, -0.1) is 11.3 Å². The summed E-state index contributed by atoms with van der Waals surface area (Å²) >= 11 is 5.00. The van der Waals surface area contributed by atoms with Crippen LogP contribution in [0.15, 0.2) is 22.8 Å². The van der Waals surface area contributed by atoms with Gasteiger partial charge in [0.2, 0.25) is 0 Å². The van der Waals surface area contributed by atoms with Crippen molar-refractivity contribution in [2.45, 2.75) is 26.2 Å². The molecule has 0 aromatic carbocycles. The van der Waals surface area contributed by atoms with Crippen LogP contribution < -0.4 is 5.32 Å². The van der Waals surface area contributed by atoms with Crippen molar-refractivity contribution >= 4 is 39.0 Å². The molecule has 1 amide bonds. The number of carbonyl (C=O) groups excluding carboxylic acids is 1. The van der Waals surface area contributed by atoms with Gasteiger partial charge in [-0.1, -0.05) is 0 Å². The number of carbonyl (C=O) groups is 1. The second-order valence-electron chi connectivity index (χ2n) is 4.69. The molecule has 0 spiro atoms. The molecule has 2 aromatic heterocycles. The van der Waals surface area contributed by atoms with Crippen molar-refractivity contribution in [3.05, 3.63) is 43.7 Å². The number of pyridine rings is 1. The van der Waals surface area contributed by atoms with E-state index in [4.69, 9.17) is 0 Å². The Balaban J connectivity index is 1.78. The summed E-state index contributed by atoms with van der Waals surface area (Å²) < 4.78 is 0.945. The van der Waals surface area contributed by atoms with E-state index in [1.807, 2.05) is 19.1 Å². The van der Waals surface area contributed by atoms with Crippen molar-refractivity contribution in [1.82, 2.24) is 4.98 Å². The molecule has 1 aliphatic rings. The van der Waals surface area contributed by atoms with Crippen molar-refractivity contribution in [1.29, 1.82) is 0 Å². The van der Waals surface area contributed by atoms with Crippen LogP contribution >= 0.6 is 27.3 Å². The zero-order valence-electron chi connectivity index (χ0n) is 10.5. The summed E-state index contributed by atoms with van der Waals surface area (Å²) in [5.74, 6) is 0.535. The largest absolute Gasteiger partial charge is 0.306 e. The van der Waals surface area contributed by atoms with Crippen LogP contribution in [0.2, 0.25) is 0 Å². The fourth-order valence-corrected chi connectivity index (χ4v) is 3.59. The molecular weight excluding hydrogens is 324 g/mol. The van der Waals surface area contributed by atoms with E-state index in [2.05, 4.69) is 26.2 Å². The summed E-state index contributed by atoms with van der Waals surface area (Å²) in [7, 11) is 0. The molecule has 0 saturated heterocycles. The van der Waals surface area contributed by atoms with Crippen molar-refractivity contribution in [2.75, 3.05) is 5.32 Å². The Kier molecular flexibility index (Phi) is 3.41. The van der Waals surface area contributed by atoms with E-state index in [0.717, 1.165) is 27.8 Å². The third-order valence-electron chi connectivity index (χ3n) is 3.26. The molecular formula is C14H13BrN2OS. The molecule has 3 rings (SSSR count). The maximum Gasteiger partial charge on any atom is 0.266 e. The number of halogens is 1. The van der Waals surface area contributed by atoms with Crippen LogP contribution in [0.25, 0.3) is 0 Å². The molecule has 0 bridgehead atoms. The van der Waals surface area contributed by atoms with Crippen molar-refractivity contribution < 1.29 is 4.79 Å². The molecule has 0 atom stereocenters. The molecule has 2 aromatic rings. The highest BCUT2D eigenvalue weighted by atomic mass is 79.9. The number of rotatable bonds is 2. The summed E-state index contributed by atoms with van der Waals surface area (Å²) in [6, 6.07) is 3.89. The molecule has 0 saturated carbocycles. The van der Waals surface area contributed by atoms with Gasteiger partial charge in [-0.2, -0.15) is 0 Å². The first kappa shape index (κ1) is 12.8. The maximum atomic E-state index is 12.2. The van der Waals surface area contributed by atoms with E-state index in [1.165, 1.54) is 16.9 Å². The lowest BCUT2D eigenvalue weighted by Crippen LogP contribution is -2.11. The van der Waals surface area contributed by atoms with Gasteiger partial charge in [0.1, 0.15) is 5.82 Å². The minimum absolute atomic E-state index is 0.0615. The Hall–Kier alpha value is -1.20. The lowest BCUT2D eigenvalue weighted by atomic mass is 10.2. The number of amides is 1. The molecule has 1 N–H and O–H groups in total. The summed E-state index contributed by atoms with van der Waals surface area (Å²) in [6.45, 7) is 1.97. The number of anilines is 1. The van der Waals surface area contributed by atoms with Crippen LogP contribution in [0.3, 0.4) is 0 Å². The SMILES string of the molecule is Cc1cc(NC(=O)c2cc3c(s2)CCC3)ncc1Br. The zero-order chi connectivity index (χ0) is 13.4. The fraction of sp³-hybridized carbons (Fsp3) is 0.286. The fourth-order valence-electron chi connectivity index (χ4n) is 2.23. The minimum atomic E-state index is -0.0615. The van der Waals surface area contributed by atoms with E-state index in [9.17, 15) is 4.79 Å². The molecule has 0 fully saturated rings. The number of hydrogen-bond donors (Lipinski definition) is 1. The van der Waals surface area contributed by atoms with Gasteiger partial charge in [0.25, 0.3) is 5.91 Å². The lowest BCUT2D eigenvalue weighted by molar-refractivity contribution is 0.103. The summed E-state index contributed by atoms with van der Waals surface area (Å²) in [4.78, 5) is 18.5. The molecule has 3 nitrogen and oxygen atoms in total. The third kappa shape index (κ3) is 2.58. The van der Waals surface area contributed by atoms with Crippen LogP contribution in [-0.2, 0) is 12.8 Å². The normalized spacial score (nSPS) is 13.4. The zero-order valence-corrected chi connectivity index (χ0v) is 12.9. The number of nitrogens with zero attached hydrogens (tertiary/aromatic N) is 1. The summed E-state index contributed by atoms with van der Waals surface area (Å²) in [5, 5.41) is 2.85. The number of aromatic nitrogens is 1. The van der Waals surface area contributed by atoms with Gasteiger partial charge in [-0.05, 0) is 65.4 Å². The van der Waals surface area contributed by atoms with E-state index >= 15 is 0 Å². The van der Waals surface area contributed by atoms with E-state index in [0.29, 0.717) is 5.82 Å². The Morgan fingerprint density at radius 2 is 2.26 bits per heavy atom. The molecule has 0 unspecified atom stereocenters. The van der Waals surface area contributed by atoms with Gasteiger partial charge < -0.3 is 5.32 Å². The number of fused-ring (bicyclic) bond motifs is 1. The molecule has 0 radical (unpaired) electrons. The molecule has 2 heterocycles. The molecule has 98 valence electrons. The van der Waals surface area contributed by atoms with Crippen LogP contribution in [0.4, 0.5) is 5.82 Å². The van der Waals surface area contributed by atoms with Gasteiger partial charge in [-0.3, -0.25) is 4.79 Å². The van der Waals surface area contributed by atoms with Crippen LogP contribution in [0.5, 0.6) is 0 Å². The standard InChI is InChI=1S/C14H13BrN2OS/c1-8-5-13(16-7-10(8)15)17-14(18)12-6-9-3-2-4-11(9)19-12/h5-7H,2-4H2,1H3,(H,16,17,18). The second-order valence-corrected chi connectivity index (χ2v) is 6.68. The number of aryl methyl sites for hydroxylation is 3. The number of thiophene rings is 1. The Labute approximate surface area is 124 Å². The first-order chi connectivity index (χ1) is 9.13. The Morgan fingerprint density at radius 3 is 3.00 bits per heavy atom. The lowest BCUT2D eigenvalue weighted by Gasteiger charge is -2.04. The van der Waals surface area contributed by atoms with Gasteiger partial charge >= 0.3 is 0 Å². The van der Waals surface area contributed by atoms with E-state index in [1.54, 1.807) is 17.5 Å². The van der Waals surface area contributed by atoms with E-state index < -0.39 is 0 Å². The predicted octanol–water partition coefficient (Wildman–Crippen LogP) is 3.96. The highest BCUT2D eigenvalue weighted by Gasteiger charge is 2.18. The van der Waals surface area contributed by atoms with Crippen LogP contribution in [0, 0.1) is 6.92 Å². The number of hydrogen-bond acceptors (Lipinski definition) is 3. The monoisotopic (exact) mass is 336 g/mol. The topological polar surface area (TPSA) is 42.0 Å². The molecule has 0 aliphatic heterocycles. The molecule has 5 heteroatoms. The smallest absolute Gasteiger partial charge is 0.266 e. The van der Waals surface area contributed by atoms with Crippen LogP contribution in [-0.4, -0.2) is 10.9 Å². The first-order valence-corrected chi connectivity index (χ1v) is 7.79. The van der Waals surface area contributed by atoms with Crippen molar-refractivity contribution in [2.24, 2.45) is 0 Å². The average Bonchev–Trinajstić information content (AvgIpc) is 2.94. The van der Waals surface area contributed by atoms with E-state index in [-0.39, 0.29) is 5.91 Å². The second kappa shape index (κ2) is 5.06. The third-order valence-corrected chi connectivity index (χ3v) is 5.32. The average molecular weight is 337 g/mol. The van der Waals surface area contributed by atoms with Crippen LogP contribution in [0.1, 0.15) is 32.1 Å². The van der Waals surface area contributed by atoms with Gasteiger partial charge in [0, 0.05) is 15.5 Å². The summed E-state index contributed by atoms with van der Waals surface area (Å²) in [6.07, 6.45) is 5.15. The molecule has 19 heavy (non-hydrogen) atoms. The van der Waals surface area contributed by atoms with Gasteiger partial charge in [0.15, 0.2) is 0 Å². The van der Waals surface area contributed by atoms with Gasteiger partial charge in [0.05, 0.1) is 4.88 Å². The number of nitrogens with one attached hydrogen (secondary N) is 1. The minimum Gasteiger partial charge on any atom is -0.306 e. The Morgan fingerprint density at radius 1 is 1.42 bits per heavy atom. The highest BCUT2D eigenvalue weighted by molar-refractivity contribution is 9.10. The van der Waals surface area contributed by atoms with Crippen molar-refractivity contribution in [3.63, 3.8) is 0 Å². The maximum absolute atomic E-state index is 12.2. The summed E-state index contributed by atoms with van der Waals surface area (Å²) in [5.41, 5.74) is 2.40. The first-order valence-electron chi connectivity index (χ1n) is 6.18. The predicted molar refractivity (Wildman–Crippen MR) is 81.0 cm³/mol. The highest BCUT2D eigenvalue weighted by Crippen LogP contribution is 2.31. The van der Waals surface area contributed by atoms with Crippen molar-refractivity contribution in [3.8, 4) is 0 Å². The Bertz CT molecular complexity index is 629.